The highest BCUT2D eigenvalue weighted by atomic mass is 16.5. The van der Waals surface area contributed by atoms with Crippen molar-refractivity contribution < 1.29 is 33.5 Å². The Hall–Kier alpha value is -4.14. The fourth-order valence-corrected chi connectivity index (χ4v) is 5.16. The zero-order valence-electron chi connectivity index (χ0n) is 19.9. The number of Topliss-reactive ketones (excluding diaryl/α,β-unsaturated/α-hetero) is 4. The highest BCUT2D eigenvalue weighted by Gasteiger charge is 2.45. The molecule has 2 N–H and O–H groups in total. The van der Waals surface area contributed by atoms with Crippen LogP contribution in [0.3, 0.4) is 0 Å². The first-order valence-corrected chi connectivity index (χ1v) is 12.6. The maximum absolute atomic E-state index is 12.9. The molecule has 4 aliphatic rings. The first-order chi connectivity index (χ1) is 17.8. The summed E-state index contributed by atoms with van der Waals surface area (Å²) in [7, 11) is 0. The van der Waals surface area contributed by atoms with Gasteiger partial charge in [-0.3, -0.25) is 28.8 Å². The van der Waals surface area contributed by atoms with E-state index in [2.05, 4.69) is 10.6 Å². The second-order valence-electron chi connectivity index (χ2n) is 10.1. The van der Waals surface area contributed by atoms with Crippen LogP contribution >= 0.6 is 0 Å². The molecule has 6 rings (SSSR count). The van der Waals surface area contributed by atoms with Crippen LogP contribution in [0.5, 0.6) is 11.5 Å². The molecular weight excluding hydrogens is 476 g/mol. The van der Waals surface area contributed by atoms with Crippen LogP contribution in [0.2, 0.25) is 0 Å². The van der Waals surface area contributed by atoms with Gasteiger partial charge in [0.1, 0.15) is 11.5 Å². The van der Waals surface area contributed by atoms with Crippen LogP contribution in [-0.4, -0.2) is 47.0 Å². The smallest absolute Gasteiger partial charge is 0.239 e. The van der Waals surface area contributed by atoms with Crippen LogP contribution in [-0.2, 0) is 9.59 Å². The maximum atomic E-state index is 12.9. The monoisotopic (exact) mass is 500 g/mol. The fourth-order valence-electron chi connectivity index (χ4n) is 5.16. The topological polar surface area (TPSA) is 136 Å². The van der Waals surface area contributed by atoms with Gasteiger partial charge in [0.15, 0.2) is 35.0 Å². The first-order valence-electron chi connectivity index (χ1n) is 12.6. The number of benzene rings is 2. The molecule has 0 radical (unpaired) electrons. The molecule has 0 aliphatic heterocycles. The fraction of sp³-hybridized carbons (Fsp3) is 0.357. The number of amides is 2. The Labute approximate surface area is 211 Å². The van der Waals surface area contributed by atoms with E-state index in [1.807, 2.05) is 0 Å². The van der Waals surface area contributed by atoms with Crippen molar-refractivity contribution in [3.63, 3.8) is 0 Å². The van der Waals surface area contributed by atoms with Crippen molar-refractivity contribution in [2.45, 2.75) is 50.6 Å². The highest BCUT2D eigenvalue weighted by Crippen LogP contribution is 2.35. The van der Waals surface area contributed by atoms with Gasteiger partial charge in [0.25, 0.3) is 0 Å². The number of carbonyl (C=O) groups excluding carboxylic acids is 6. The number of hydrogen-bond acceptors (Lipinski definition) is 7. The lowest BCUT2D eigenvalue weighted by atomic mass is 9.92. The van der Waals surface area contributed by atoms with Crippen molar-refractivity contribution >= 4 is 34.9 Å². The molecule has 2 aromatic rings. The normalized spacial score (nSPS) is 22.7. The lowest BCUT2D eigenvalue weighted by Crippen LogP contribution is -2.45. The van der Waals surface area contributed by atoms with Crippen molar-refractivity contribution in [2.24, 2.45) is 11.8 Å². The van der Waals surface area contributed by atoms with Gasteiger partial charge in [0.2, 0.25) is 11.8 Å². The Morgan fingerprint density at radius 2 is 0.973 bits per heavy atom. The van der Waals surface area contributed by atoms with Crippen LogP contribution in [0.1, 0.15) is 80.0 Å². The van der Waals surface area contributed by atoms with E-state index < -0.39 is 46.8 Å². The minimum absolute atomic E-state index is 0.00832. The van der Waals surface area contributed by atoms with Crippen LogP contribution in [0.15, 0.2) is 36.4 Å². The Balaban J connectivity index is 1.19. The van der Waals surface area contributed by atoms with Crippen molar-refractivity contribution in [3.05, 3.63) is 58.7 Å². The van der Waals surface area contributed by atoms with Crippen molar-refractivity contribution in [3.8, 4) is 11.5 Å². The van der Waals surface area contributed by atoms with Crippen LogP contribution in [0, 0.1) is 11.8 Å². The third-order valence-corrected chi connectivity index (χ3v) is 7.76. The van der Waals surface area contributed by atoms with E-state index in [4.69, 9.17) is 4.74 Å². The van der Waals surface area contributed by atoms with Gasteiger partial charge in [-0.2, -0.15) is 0 Å². The maximum Gasteiger partial charge on any atom is 0.239 e. The van der Waals surface area contributed by atoms with Crippen molar-refractivity contribution in [1.29, 1.82) is 0 Å². The van der Waals surface area contributed by atoms with Gasteiger partial charge in [0.05, 0.1) is 0 Å². The average molecular weight is 501 g/mol. The van der Waals surface area contributed by atoms with Crippen LogP contribution in [0.4, 0.5) is 0 Å². The molecule has 4 aliphatic carbocycles. The molecule has 2 amide bonds. The number of rotatable bonds is 6. The zero-order chi connectivity index (χ0) is 25.8. The molecule has 188 valence electrons. The summed E-state index contributed by atoms with van der Waals surface area (Å²) in [6.07, 6.45) is 5.38. The number of nitrogens with one attached hydrogen (secondary N) is 2. The van der Waals surface area contributed by atoms with E-state index in [0.717, 1.165) is 38.5 Å². The molecule has 0 bridgehead atoms. The summed E-state index contributed by atoms with van der Waals surface area (Å²) in [4.78, 5) is 76.5. The van der Waals surface area contributed by atoms with Crippen LogP contribution < -0.4 is 15.4 Å². The summed E-state index contributed by atoms with van der Waals surface area (Å²) in [5.41, 5.74) is 0.551. The standard InChI is InChI=1S/C28H24N2O7/c31-23-17-9-7-15(11-19(17)25(33)21(23)27(35)29-13-3-1-4-13)37-16-8-10-18-20(12-16)26(34)22(24(18)32)28(36)30-14-5-2-6-14/h7-14,21-22H,1-6H2,(H,29,35)(H,30,36). The quantitative estimate of drug-likeness (QED) is 0.582. The van der Waals surface area contributed by atoms with Gasteiger partial charge < -0.3 is 15.4 Å². The molecule has 37 heavy (non-hydrogen) atoms. The van der Waals surface area contributed by atoms with Gasteiger partial charge in [-0.1, -0.05) is 0 Å². The first kappa shape index (κ1) is 23.3. The minimum atomic E-state index is -1.39. The third kappa shape index (κ3) is 3.85. The largest absolute Gasteiger partial charge is 0.457 e. The number of fused-ring (bicyclic) bond motifs is 2. The van der Waals surface area contributed by atoms with E-state index in [1.165, 1.54) is 36.4 Å². The summed E-state index contributed by atoms with van der Waals surface area (Å²) in [6, 6.07) is 8.73. The van der Waals surface area contributed by atoms with Gasteiger partial charge in [0, 0.05) is 34.3 Å². The number of carbonyl (C=O) groups is 6. The predicted octanol–water partition coefficient (Wildman–Crippen LogP) is 2.81. The zero-order valence-corrected chi connectivity index (χ0v) is 19.9. The summed E-state index contributed by atoms with van der Waals surface area (Å²) in [6.45, 7) is 0. The lowest BCUT2D eigenvalue weighted by molar-refractivity contribution is -0.124. The molecule has 9 heteroatoms. The lowest BCUT2D eigenvalue weighted by Gasteiger charge is -2.27. The molecule has 0 spiro atoms. The Morgan fingerprint density at radius 3 is 1.32 bits per heavy atom. The van der Waals surface area contributed by atoms with Gasteiger partial charge in [-0.25, -0.2) is 0 Å². The van der Waals surface area contributed by atoms with E-state index >= 15 is 0 Å². The third-order valence-electron chi connectivity index (χ3n) is 7.76. The summed E-state index contributed by atoms with van der Waals surface area (Å²) in [5, 5.41) is 5.54. The second-order valence-corrected chi connectivity index (χ2v) is 10.1. The Kier molecular flexibility index (Phi) is 5.51. The molecule has 0 heterocycles. The van der Waals surface area contributed by atoms with Gasteiger partial charge >= 0.3 is 0 Å². The minimum Gasteiger partial charge on any atom is -0.457 e. The second kappa shape index (κ2) is 8.76. The molecule has 2 aromatic carbocycles. The molecule has 0 saturated heterocycles. The highest BCUT2D eigenvalue weighted by molar-refractivity contribution is 6.36. The Morgan fingerprint density at radius 1 is 0.595 bits per heavy atom. The summed E-state index contributed by atoms with van der Waals surface area (Å²) in [5.74, 6) is -5.67. The summed E-state index contributed by atoms with van der Waals surface area (Å²) >= 11 is 0. The van der Waals surface area contributed by atoms with E-state index in [9.17, 15) is 28.8 Å². The molecule has 2 fully saturated rings. The van der Waals surface area contributed by atoms with E-state index in [0.29, 0.717) is 0 Å². The van der Waals surface area contributed by atoms with Crippen molar-refractivity contribution in [1.82, 2.24) is 10.6 Å². The van der Waals surface area contributed by atoms with Crippen molar-refractivity contribution in [2.75, 3.05) is 0 Å². The predicted molar refractivity (Wildman–Crippen MR) is 129 cm³/mol. The van der Waals surface area contributed by atoms with E-state index in [1.54, 1.807) is 0 Å². The summed E-state index contributed by atoms with van der Waals surface area (Å²) < 4.78 is 5.84. The number of ketones is 4. The molecule has 0 aromatic heterocycles. The molecule has 2 unspecified atom stereocenters. The number of hydrogen-bond donors (Lipinski definition) is 2. The molecule has 2 saturated carbocycles. The molecule has 9 nitrogen and oxygen atoms in total. The molecular formula is C28H24N2O7. The van der Waals surface area contributed by atoms with Crippen LogP contribution in [0.25, 0.3) is 0 Å². The number of ether oxygens (including phenoxy) is 1. The average Bonchev–Trinajstić information content (AvgIpc) is 3.22. The van der Waals surface area contributed by atoms with Gasteiger partial charge in [-0.05, 0) is 74.9 Å². The Bertz CT molecular complexity index is 1300. The van der Waals surface area contributed by atoms with Gasteiger partial charge in [-0.15, -0.1) is 0 Å². The molecule has 2 atom stereocenters. The SMILES string of the molecule is O=C(NC1CCC1)C1C(=O)c2ccc(Oc3ccc4c(c3)C(=O)C(C(=O)NC3CCC3)C4=O)cc2C1=O. The van der Waals surface area contributed by atoms with E-state index in [-0.39, 0.29) is 45.8 Å².